The van der Waals surface area contributed by atoms with Crippen molar-refractivity contribution in [1.29, 1.82) is 0 Å². The summed E-state index contributed by atoms with van der Waals surface area (Å²) in [6, 6.07) is -0.116. The molecule has 0 spiro atoms. The van der Waals surface area contributed by atoms with Crippen molar-refractivity contribution in [2.45, 2.75) is 67.9 Å². The van der Waals surface area contributed by atoms with E-state index in [1.165, 1.54) is 23.0 Å². The van der Waals surface area contributed by atoms with Gasteiger partial charge < -0.3 is 14.6 Å². The predicted molar refractivity (Wildman–Crippen MR) is 135 cm³/mol. The normalized spacial score (nSPS) is 21.8. The van der Waals surface area contributed by atoms with E-state index < -0.39 is 21.8 Å². The number of methoxy groups -OCH3 is 1. The Labute approximate surface area is 224 Å². The quantitative estimate of drug-likeness (QED) is 0.460. The van der Waals surface area contributed by atoms with Gasteiger partial charge in [0, 0.05) is 57.4 Å². The number of rotatable bonds is 7. The highest BCUT2D eigenvalue weighted by atomic mass is 32.2. The summed E-state index contributed by atoms with van der Waals surface area (Å²) in [5.74, 6) is 0.0531. The van der Waals surface area contributed by atoms with E-state index in [0.29, 0.717) is 12.8 Å². The van der Waals surface area contributed by atoms with Crippen LogP contribution in [-0.2, 0) is 28.0 Å². The van der Waals surface area contributed by atoms with Gasteiger partial charge in [-0.25, -0.2) is 23.4 Å². The van der Waals surface area contributed by atoms with Crippen molar-refractivity contribution in [1.82, 2.24) is 33.6 Å². The third-order valence-electron chi connectivity index (χ3n) is 7.39. The number of aromatic nitrogens is 6. The van der Waals surface area contributed by atoms with Crippen molar-refractivity contribution in [3.05, 3.63) is 36.7 Å². The van der Waals surface area contributed by atoms with Crippen LogP contribution < -0.4 is 5.32 Å². The lowest BCUT2D eigenvalue weighted by Gasteiger charge is -2.31. The van der Waals surface area contributed by atoms with E-state index in [9.17, 15) is 21.6 Å². The summed E-state index contributed by atoms with van der Waals surface area (Å²) in [7, 11) is -0.336. The van der Waals surface area contributed by atoms with Crippen LogP contribution in [0.1, 0.15) is 50.1 Å². The Hall–Kier alpha value is -3.04. The first kappa shape index (κ1) is 27.5. The smallest absolute Gasteiger partial charge is 0.381 e. The van der Waals surface area contributed by atoms with Crippen LogP contribution in [0, 0.1) is 0 Å². The third kappa shape index (κ3) is 5.94. The van der Waals surface area contributed by atoms with E-state index >= 15 is 0 Å². The zero-order valence-electron chi connectivity index (χ0n) is 21.7. The second-order valence-electron chi connectivity index (χ2n) is 10.0. The number of alkyl halides is 3. The Morgan fingerprint density at radius 3 is 2.36 bits per heavy atom. The largest absolute Gasteiger partial charge is 0.419 e. The van der Waals surface area contributed by atoms with Gasteiger partial charge in [0.2, 0.25) is 5.95 Å². The second kappa shape index (κ2) is 10.8. The van der Waals surface area contributed by atoms with Gasteiger partial charge in [0.15, 0.2) is 5.03 Å². The number of halogens is 3. The van der Waals surface area contributed by atoms with E-state index in [4.69, 9.17) is 4.74 Å². The molecule has 0 atom stereocenters. The van der Waals surface area contributed by atoms with Crippen LogP contribution in [0.5, 0.6) is 0 Å². The lowest BCUT2D eigenvalue weighted by molar-refractivity contribution is -0.137. The maximum Gasteiger partial charge on any atom is 0.419 e. The molecular weight excluding hydrogens is 537 g/mol. The van der Waals surface area contributed by atoms with E-state index in [-0.39, 0.29) is 53.5 Å². The lowest BCUT2D eigenvalue weighted by atomic mass is 9.93. The van der Waals surface area contributed by atoms with Gasteiger partial charge in [-0.1, -0.05) is 0 Å². The molecule has 5 rings (SSSR count). The molecule has 2 aliphatic rings. The Morgan fingerprint density at radius 1 is 1.03 bits per heavy atom. The summed E-state index contributed by atoms with van der Waals surface area (Å²) in [6.07, 6.45) is 6.51. The van der Waals surface area contributed by atoms with Gasteiger partial charge in [-0.15, -0.1) is 0 Å². The highest BCUT2D eigenvalue weighted by Crippen LogP contribution is 2.37. The Bertz CT molecular complexity index is 1390. The minimum atomic E-state index is -4.64. The molecule has 3 aromatic heterocycles. The summed E-state index contributed by atoms with van der Waals surface area (Å²) in [6.45, 7) is 0.476. The molecular formula is C24H31F3N8O3S. The molecule has 1 aliphatic heterocycles. The zero-order chi connectivity index (χ0) is 27.8. The van der Waals surface area contributed by atoms with Crippen LogP contribution in [0.15, 0.2) is 36.1 Å². The van der Waals surface area contributed by atoms with Gasteiger partial charge >= 0.3 is 6.18 Å². The monoisotopic (exact) mass is 568 g/mol. The molecule has 0 aromatic carbocycles. The maximum atomic E-state index is 13.9. The molecule has 1 saturated heterocycles. The lowest BCUT2D eigenvalue weighted by Crippen LogP contribution is -2.42. The first-order valence-corrected chi connectivity index (χ1v) is 14.2. The van der Waals surface area contributed by atoms with Crippen LogP contribution in [0.4, 0.5) is 19.1 Å². The van der Waals surface area contributed by atoms with Crippen molar-refractivity contribution < 1.29 is 26.3 Å². The van der Waals surface area contributed by atoms with Crippen LogP contribution in [0.2, 0.25) is 0 Å². The second-order valence-corrected chi connectivity index (χ2v) is 11.9. The van der Waals surface area contributed by atoms with E-state index in [2.05, 4.69) is 25.4 Å². The first-order chi connectivity index (χ1) is 18.5. The summed E-state index contributed by atoms with van der Waals surface area (Å²) in [5, 5.41) is 7.43. The molecule has 11 nitrogen and oxygen atoms in total. The fourth-order valence-corrected chi connectivity index (χ4v) is 6.60. The number of hydrogen-bond donors (Lipinski definition) is 1. The van der Waals surface area contributed by atoms with Gasteiger partial charge in [0.1, 0.15) is 5.56 Å². The zero-order valence-corrected chi connectivity index (χ0v) is 22.5. The molecule has 4 heterocycles. The summed E-state index contributed by atoms with van der Waals surface area (Å²) in [5.41, 5.74) is -0.920. The highest BCUT2D eigenvalue weighted by molar-refractivity contribution is 7.89. The third-order valence-corrected chi connectivity index (χ3v) is 9.18. The van der Waals surface area contributed by atoms with Gasteiger partial charge in [0.05, 0.1) is 30.4 Å². The fraction of sp³-hybridized carbons (Fsp3) is 0.583. The number of hydrogen-bond acceptors (Lipinski definition) is 8. The molecule has 1 saturated carbocycles. The minimum absolute atomic E-state index is 0.0144. The topological polar surface area (TPSA) is 120 Å². The van der Waals surface area contributed by atoms with Gasteiger partial charge in [-0.3, -0.25) is 4.68 Å². The standard InChI is InChI=1S/C24H31F3N8O3S/c1-33-14-21(29-15-33)39(36,37)34-9-7-17(8-10-34)31-23-28-12-20(24(25,26)27)22(32-23)16-11-30-35(13-16)18-3-5-19(38-2)6-4-18/h11-15,17-19H,3-10H2,1-2H3,(H,28,31,32). The summed E-state index contributed by atoms with van der Waals surface area (Å²) < 4.78 is 77.3. The number of ether oxygens (including phenoxy) is 1. The Morgan fingerprint density at radius 2 is 1.74 bits per heavy atom. The highest BCUT2D eigenvalue weighted by Gasteiger charge is 2.37. The van der Waals surface area contributed by atoms with Crippen molar-refractivity contribution in [3.8, 4) is 11.3 Å². The van der Waals surface area contributed by atoms with E-state index in [1.807, 2.05) is 0 Å². The number of imidazole rings is 1. The molecule has 0 amide bonds. The molecule has 1 N–H and O–H groups in total. The molecule has 1 aliphatic carbocycles. The number of anilines is 1. The average Bonchev–Trinajstić information content (AvgIpc) is 3.58. The molecule has 15 heteroatoms. The fourth-order valence-electron chi connectivity index (χ4n) is 5.16. The molecule has 0 bridgehead atoms. The van der Waals surface area contributed by atoms with E-state index in [0.717, 1.165) is 31.9 Å². The van der Waals surface area contributed by atoms with E-state index in [1.54, 1.807) is 29.6 Å². The van der Waals surface area contributed by atoms with Crippen molar-refractivity contribution in [2.75, 3.05) is 25.5 Å². The predicted octanol–water partition coefficient (Wildman–Crippen LogP) is 3.49. The molecule has 3 aromatic rings. The summed E-state index contributed by atoms with van der Waals surface area (Å²) >= 11 is 0. The number of sulfonamides is 1. The number of nitrogens with zero attached hydrogens (tertiary/aromatic N) is 7. The van der Waals surface area contributed by atoms with Gasteiger partial charge in [-0.2, -0.15) is 22.6 Å². The molecule has 0 unspecified atom stereocenters. The van der Waals surface area contributed by atoms with Crippen LogP contribution in [-0.4, -0.2) is 74.4 Å². The first-order valence-electron chi connectivity index (χ1n) is 12.8. The van der Waals surface area contributed by atoms with Crippen LogP contribution >= 0.6 is 0 Å². The maximum absolute atomic E-state index is 13.9. The van der Waals surface area contributed by atoms with Gasteiger partial charge in [0.25, 0.3) is 10.0 Å². The van der Waals surface area contributed by atoms with Crippen molar-refractivity contribution in [3.63, 3.8) is 0 Å². The SMILES string of the molecule is COC1CCC(n2cc(-c3nc(NC4CCN(S(=O)(=O)c5cn(C)cn5)CC4)ncc3C(F)(F)F)cn2)CC1. The molecule has 2 fully saturated rings. The Balaban J connectivity index is 1.30. The van der Waals surface area contributed by atoms with Crippen molar-refractivity contribution in [2.24, 2.45) is 7.05 Å². The minimum Gasteiger partial charge on any atom is -0.381 e. The molecule has 0 radical (unpaired) electrons. The molecule has 212 valence electrons. The number of aryl methyl sites for hydroxylation is 1. The van der Waals surface area contributed by atoms with Crippen molar-refractivity contribution >= 4 is 16.0 Å². The van der Waals surface area contributed by atoms with Gasteiger partial charge in [-0.05, 0) is 38.5 Å². The molecule has 39 heavy (non-hydrogen) atoms. The van der Waals surface area contributed by atoms with Crippen LogP contribution in [0.3, 0.4) is 0 Å². The average molecular weight is 569 g/mol. The number of nitrogens with one attached hydrogen (secondary N) is 1. The Kier molecular flexibility index (Phi) is 7.66. The van der Waals surface area contributed by atoms with Crippen LogP contribution in [0.25, 0.3) is 11.3 Å². The number of piperidine rings is 1. The summed E-state index contributed by atoms with van der Waals surface area (Å²) in [4.78, 5) is 12.1.